The Balaban J connectivity index is 2.09. The first-order valence-electron chi connectivity index (χ1n) is 6.22. The molecule has 0 N–H and O–H groups in total. The summed E-state index contributed by atoms with van der Waals surface area (Å²) < 4.78 is 19.9. The third kappa shape index (κ3) is 4.01. The van der Waals surface area contributed by atoms with Crippen LogP contribution in [0.5, 0.6) is 0 Å². The van der Waals surface area contributed by atoms with Crippen LogP contribution in [0.15, 0.2) is 54.6 Å². The maximum Gasteiger partial charge on any atom is 0.123 e. The van der Waals surface area contributed by atoms with Gasteiger partial charge in [-0.05, 0) is 30.2 Å². The third-order valence-corrected chi connectivity index (χ3v) is 3.82. The van der Waals surface area contributed by atoms with Crippen LogP contribution in [0.1, 0.15) is 30.3 Å². The summed E-state index contributed by atoms with van der Waals surface area (Å²) in [6, 6.07) is 16.6. The van der Waals surface area contributed by atoms with Gasteiger partial charge in [-0.15, -0.1) is 0 Å². The molecule has 0 aromatic heterocycles. The Hall–Kier alpha value is -0.940. The second kappa shape index (κ2) is 7.01. The van der Waals surface area contributed by atoms with Crippen LogP contribution in [0.2, 0.25) is 0 Å². The highest BCUT2D eigenvalue weighted by Crippen LogP contribution is 2.28. The summed E-state index contributed by atoms with van der Waals surface area (Å²) in [5.74, 6) is -0.216. The number of hydrogen-bond acceptors (Lipinski definition) is 1. The normalized spacial score (nSPS) is 14.1. The molecule has 0 spiro atoms. The van der Waals surface area contributed by atoms with Crippen molar-refractivity contribution in [3.05, 3.63) is 71.5 Å². The van der Waals surface area contributed by atoms with Crippen molar-refractivity contribution < 1.29 is 9.13 Å². The Morgan fingerprint density at radius 1 is 1.00 bits per heavy atom. The summed E-state index contributed by atoms with van der Waals surface area (Å²) in [6.07, 6.45) is 0.00225. The van der Waals surface area contributed by atoms with E-state index in [2.05, 4.69) is 34.7 Å². The molecule has 0 aliphatic heterocycles. The van der Waals surface area contributed by atoms with Gasteiger partial charge in [-0.25, -0.2) is 4.39 Å². The predicted molar refractivity (Wildman–Crippen MR) is 84.0 cm³/mol. The number of alkyl halides is 1. The first kappa shape index (κ1) is 14.5. The molecule has 3 heteroatoms. The molecular weight excluding hydrogens is 354 g/mol. The molecule has 2 aromatic rings. The Labute approximate surface area is 126 Å². The summed E-state index contributed by atoms with van der Waals surface area (Å²) in [5.41, 5.74) is 2.16. The standard InChI is InChI=1S/C16H16FIO/c1-12(13-5-3-2-4-6-13)19-16(11-18)14-7-9-15(17)10-8-14/h2-10,12,16H,11H2,1H3. The number of rotatable bonds is 5. The molecule has 19 heavy (non-hydrogen) atoms. The van der Waals surface area contributed by atoms with Gasteiger partial charge in [-0.2, -0.15) is 0 Å². The molecule has 2 aromatic carbocycles. The zero-order chi connectivity index (χ0) is 13.7. The molecule has 0 fully saturated rings. The minimum Gasteiger partial charge on any atom is -0.365 e. The Morgan fingerprint density at radius 2 is 1.63 bits per heavy atom. The lowest BCUT2D eigenvalue weighted by Gasteiger charge is -2.21. The van der Waals surface area contributed by atoms with Gasteiger partial charge in [-0.1, -0.05) is 65.1 Å². The lowest BCUT2D eigenvalue weighted by Crippen LogP contribution is -2.09. The van der Waals surface area contributed by atoms with Gasteiger partial charge in [0.25, 0.3) is 0 Å². The SMILES string of the molecule is CC(OC(CI)c1ccc(F)cc1)c1ccccc1. The highest BCUT2D eigenvalue weighted by atomic mass is 127. The number of benzene rings is 2. The van der Waals surface area contributed by atoms with E-state index in [-0.39, 0.29) is 18.0 Å². The quantitative estimate of drug-likeness (QED) is 0.527. The summed E-state index contributed by atoms with van der Waals surface area (Å²) in [7, 11) is 0. The number of ether oxygens (including phenoxy) is 1. The minimum absolute atomic E-state index is 0.0172. The molecule has 0 bridgehead atoms. The van der Waals surface area contributed by atoms with Gasteiger partial charge >= 0.3 is 0 Å². The van der Waals surface area contributed by atoms with Crippen LogP contribution in [0.25, 0.3) is 0 Å². The van der Waals surface area contributed by atoms with Crippen molar-refractivity contribution in [1.82, 2.24) is 0 Å². The average molecular weight is 370 g/mol. The van der Waals surface area contributed by atoms with Crippen molar-refractivity contribution in [2.75, 3.05) is 4.43 Å². The summed E-state index contributed by atoms with van der Waals surface area (Å²) in [6.45, 7) is 2.04. The van der Waals surface area contributed by atoms with E-state index < -0.39 is 0 Å². The van der Waals surface area contributed by atoms with E-state index in [4.69, 9.17) is 4.74 Å². The van der Waals surface area contributed by atoms with E-state index in [9.17, 15) is 4.39 Å². The van der Waals surface area contributed by atoms with Crippen molar-refractivity contribution in [2.45, 2.75) is 19.1 Å². The number of hydrogen-bond donors (Lipinski definition) is 0. The average Bonchev–Trinajstić information content (AvgIpc) is 2.46. The van der Waals surface area contributed by atoms with Crippen LogP contribution in [0.3, 0.4) is 0 Å². The summed E-state index contributed by atoms with van der Waals surface area (Å²) in [5, 5.41) is 0. The van der Waals surface area contributed by atoms with Crippen LogP contribution < -0.4 is 0 Å². The van der Waals surface area contributed by atoms with Gasteiger partial charge in [0.15, 0.2) is 0 Å². The van der Waals surface area contributed by atoms with Crippen LogP contribution in [-0.4, -0.2) is 4.43 Å². The van der Waals surface area contributed by atoms with Gasteiger partial charge in [0.2, 0.25) is 0 Å². The molecule has 2 unspecified atom stereocenters. The Kier molecular flexibility index (Phi) is 5.34. The van der Waals surface area contributed by atoms with E-state index in [1.54, 1.807) is 12.1 Å². The third-order valence-electron chi connectivity index (χ3n) is 3.02. The maximum absolute atomic E-state index is 12.9. The zero-order valence-electron chi connectivity index (χ0n) is 10.7. The van der Waals surface area contributed by atoms with Crippen molar-refractivity contribution in [1.29, 1.82) is 0 Å². The van der Waals surface area contributed by atoms with Crippen LogP contribution in [-0.2, 0) is 4.74 Å². The van der Waals surface area contributed by atoms with Crippen LogP contribution >= 0.6 is 22.6 Å². The second-order valence-corrected chi connectivity index (χ2v) is 5.26. The Bertz CT molecular complexity index is 498. The molecule has 0 aliphatic rings. The van der Waals surface area contributed by atoms with E-state index in [1.807, 2.05) is 25.1 Å². The molecule has 100 valence electrons. The molecule has 0 saturated heterocycles. The first-order valence-corrected chi connectivity index (χ1v) is 7.75. The lowest BCUT2D eigenvalue weighted by atomic mass is 10.1. The fourth-order valence-corrected chi connectivity index (χ4v) is 2.65. The molecular formula is C16H16FIO. The van der Waals surface area contributed by atoms with Crippen molar-refractivity contribution in [2.24, 2.45) is 0 Å². The highest BCUT2D eigenvalue weighted by molar-refractivity contribution is 14.1. The molecule has 1 nitrogen and oxygen atoms in total. The van der Waals surface area contributed by atoms with Crippen LogP contribution in [0, 0.1) is 5.82 Å². The van der Waals surface area contributed by atoms with E-state index >= 15 is 0 Å². The van der Waals surface area contributed by atoms with Gasteiger partial charge in [0.05, 0.1) is 12.2 Å². The van der Waals surface area contributed by atoms with Gasteiger partial charge in [0, 0.05) is 4.43 Å². The monoisotopic (exact) mass is 370 g/mol. The molecule has 0 heterocycles. The molecule has 0 amide bonds. The van der Waals surface area contributed by atoms with Crippen LogP contribution in [0.4, 0.5) is 4.39 Å². The summed E-state index contributed by atoms with van der Waals surface area (Å²) >= 11 is 2.30. The van der Waals surface area contributed by atoms with Gasteiger partial charge < -0.3 is 4.74 Å². The fourth-order valence-electron chi connectivity index (χ4n) is 1.93. The molecule has 0 aliphatic carbocycles. The van der Waals surface area contributed by atoms with Gasteiger partial charge in [-0.3, -0.25) is 0 Å². The van der Waals surface area contributed by atoms with Crippen molar-refractivity contribution in [3.63, 3.8) is 0 Å². The van der Waals surface area contributed by atoms with Crippen molar-refractivity contribution in [3.8, 4) is 0 Å². The lowest BCUT2D eigenvalue weighted by molar-refractivity contribution is 0.0102. The second-order valence-electron chi connectivity index (χ2n) is 4.38. The molecule has 0 saturated carbocycles. The largest absolute Gasteiger partial charge is 0.365 e. The van der Waals surface area contributed by atoms with Gasteiger partial charge in [0.1, 0.15) is 5.82 Å². The molecule has 2 rings (SSSR count). The Morgan fingerprint density at radius 3 is 2.21 bits per heavy atom. The highest BCUT2D eigenvalue weighted by Gasteiger charge is 2.15. The smallest absolute Gasteiger partial charge is 0.123 e. The van der Waals surface area contributed by atoms with Crippen molar-refractivity contribution >= 4 is 22.6 Å². The molecule has 0 radical (unpaired) electrons. The van der Waals surface area contributed by atoms with E-state index in [0.717, 1.165) is 15.6 Å². The molecule has 2 atom stereocenters. The number of halogens is 2. The minimum atomic E-state index is -0.216. The zero-order valence-corrected chi connectivity index (χ0v) is 12.9. The van der Waals surface area contributed by atoms with E-state index in [1.165, 1.54) is 12.1 Å². The first-order chi connectivity index (χ1) is 9.20. The van der Waals surface area contributed by atoms with E-state index in [0.29, 0.717) is 0 Å². The topological polar surface area (TPSA) is 9.23 Å². The maximum atomic E-state index is 12.9. The summed E-state index contributed by atoms with van der Waals surface area (Å²) in [4.78, 5) is 0. The fraction of sp³-hybridized carbons (Fsp3) is 0.250. The predicted octanol–water partition coefficient (Wildman–Crippen LogP) is 5.08.